The Morgan fingerprint density at radius 3 is 2.36 bits per heavy atom. The van der Waals surface area contributed by atoms with Crippen LogP contribution >= 0.6 is 0 Å². The van der Waals surface area contributed by atoms with Gasteiger partial charge in [0.05, 0.1) is 24.7 Å². The summed E-state index contributed by atoms with van der Waals surface area (Å²) < 4.78 is 8.03. The van der Waals surface area contributed by atoms with E-state index in [9.17, 15) is 14.4 Å². The second-order valence-electron chi connectivity index (χ2n) is 8.58. The van der Waals surface area contributed by atoms with Gasteiger partial charge in [-0.25, -0.2) is 0 Å². The summed E-state index contributed by atoms with van der Waals surface area (Å²) in [5.74, 6) is 0.431. The molecule has 0 saturated carbocycles. The number of H-pyrrole nitrogens is 1. The van der Waals surface area contributed by atoms with Crippen LogP contribution in [-0.2, 0) is 24.3 Å². The average Bonchev–Trinajstić information content (AvgIpc) is 3.31. The molecule has 0 bridgehead atoms. The quantitative estimate of drug-likeness (QED) is 0.332. The molecule has 8 heteroatoms. The number of nitrogens with one attached hydrogen (secondary N) is 2. The molecule has 1 amide bonds. The first kappa shape index (κ1) is 23.2. The minimum atomic E-state index is -0.719. The van der Waals surface area contributed by atoms with Crippen LogP contribution in [0.3, 0.4) is 0 Å². The van der Waals surface area contributed by atoms with E-state index < -0.39 is 11.1 Å². The van der Waals surface area contributed by atoms with E-state index in [-0.39, 0.29) is 19.0 Å². The number of aromatic nitrogens is 3. The highest BCUT2D eigenvalue weighted by molar-refractivity contribution is 5.85. The lowest BCUT2D eigenvalue weighted by atomic mass is 10.1. The number of aromatic amines is 1. The molecular formula is C28H26N4O4. The van der Waals surface area contributed by atoms with E-state index in [4.69, 9.17) is 4.74 Å². The number of hydrogen-bond donors (Lipinski definition) is 2. The largest absolute Gasteiger partial charge is 0.497 e. The van der Waals surface area contributed by atoms with E-state index in [2.05, 4.69) is 10.3 Å². The molecule has 2 N–H and O–H groups in total. The molecule has 0 saturated heterocycles. The normalized spacial score (nSPS) is 11.1. The molecule has 0 aliphatic rings. The molecule has 2 aromatic heterocycles. The maximum atomic E-state index is 13.0. The van der Waals surface area contributed by atoms with Gasteiger partial charge < -0.3 is 15.0 Å². The van der Waals surface area contributed by atoms with Crippen molar-refractivity contribution in [3.8, 4) is 5.75 Å². The number of carbonyl (C=O) groups excluding carboxylic acids is 1. The maximum Gasteiger partial charge on any atom is 0.317 e. The van der Waals surface area contributed by atoms with Gasteiger partial charge in [-0.05, 0) is 47.9 Å². The highest BCUT2D eigenvalue weighted by atomic mass is 16.5. The van der Waals surface area contributed by atoms with Crippen LogP contribution in [0.25, 0.3) is 21.9 Å². The van der Waals surface area contributed by atoms with Crippen molar-refractivity contribution in [2.24, 2.45) is 0 Å². The van der Waals surface area contributed by atoms with Gasteiger partial charge in [-0.2, -0.15) is 0 Å². The molecule has 0 aliphatic heterocycles. The minimum Gasteiger partial charge on any atom is -0.497 e. The zero-order valence-electron chi connectivity index (χ0n) is 19.9. The number of methoxy groups -OCH3 is 1. The summed E-state index contributed by atoms with van der Waals surface area (Å²) in [5.41, 5.74) is 2.72. The third-order valence-corrected chi connectivity index (χ3v) is 6.31. The second kappa shape index (κ2) is 9.95. The van der Waals surface area contributed by atoms with Crippen LogP contribution in [0.1, 0.15) is 11.1 Å². The third kappa shape index (κ3) is 4.53. The van der Waals surface area contributed by atoms with Crippen LogP contribution in [0.4, 0.5) is 0 Å². The van der Waals surface area contributed by atoms with Gasteiger partial charge in [0.2, 0.25) is 5.91 Å². The van der Waals surface area contributed by atoms with Gasteiger partial charge in [0.1, 0.15) is 12.3 Å². The summed E-state index contributed by atoms with van der Waals surface area (Å²) >= 11 is 0. The van der Waals surface area contributed by atoms with E-state index in [0.29, 0.717) is 24.0 Å². The van der Waals surface area contributed by atoms with E-state index >= 15 is 0 Å². The molecule has 0 fully saturated rings. The topological polar surface area (TPSA) is 98.1 Å². The van der Waals surface area contributed by atoms with Gasteiger partial charge in [-0.1, -0.05) is 42.5 Å². The first-order valence-corrected chi connectivity index (χ1v) is 11.7. The van der Waals surface area contributed by atoms with Gasteiger partial charge in [0.25, 0.3) is 0 Å². The fourth-order valence-electron chi connectivity index (χ4n) is 4.48. The molecule has 3 aromatic carbocycles. The molecule has 8 nitrogen and oxygen atoms in total. The lowest BCUT2D eigenvalue weighted by Gasteiger charge is -2.15. The Morgan fingerprint density at radius 1 is 0.917 bits per heavy atom. The van der Waals surface area contributed by atoms with Gasteiger partial charge in [0, 0.05) is 23.6 Å². The summed E-state index contributed by atoms with van der Waals surface area (Å²) in [7, 11) is 1.62. The molecule has 182 valence electrons. The Bertz CT molecular complexity index is 1660. The highest BCUT2D eigenvalue weighted by Gasteiger charge is 2.15. The fourth-order valence-corrected chi connectivity index (χ4v) is 4.48. The number of benzene rings is 3. The Kier molecular flexibility index (Phi) is 6.40. The van der Waals surface area contributed by atoms with E-state index in [0.717, 1.165) is 27.8 Å². The highest BCUT2D eigenvalue weighted by Crippen LogP contribution is 2.23. The third-order valence-electron chi connectivity index (χ3n) is 6.31. The number of nitrogens with zero attached hydrogens (tertiary/aromatic N) is 2. The van der Waals surface area contributed by atoms with Crippen molar-refractivity contribution in [1.82, 2.24) is 19.4 Å². The lowest BCUT2D eigenvalue weighted by Crippen LogP contribution is -2.44. The SMILES string of the molecule is COc1ccc2[nH]cc(CCNC(=O)Cn3c(=O)c(=O)n(Cc4ccccc4)c4ccccc43)c2c1. The Hall–Kier alpha value is -4.59. The van der Waals surface area contributed by atoms with Crippen LogP contribution < -0.4 is 21.2 Å². The van der Waals surface area contributed by atoms with Crippen molar-refractivity contribution >= 4 is 27.8 Å². The van der Waals surface area contributed by atoms with Gasteiger partial charge >= 0.3 is 11.1 Å². The van der Waals surface area contributed by atoms with Crippen LogP contribution in [0.2, 0.25) is 0 Å². The number of ether oxygens (including phenoxy) is 1. The van der Waals surface area contributed by atoms with E-state index in [1.807, 2.05) is 60.8 Å². The van der Waals surface area contributed by atoms with Crippen molar-refractivity contribution in [2.45, 2.75) is 19.5 Å². The van der Waals surface area contributed by atoms with Crippen LogP contribution in [0, 0.1) is 0 Å². The van der Waals surface area contributed by atoms with Gasteiger partial charge in [-0.15, -0.1) is 0 Å². The van der Waals surface area contributed by atoms with Crippen molar-refractivity contribution in [3.63, 3.8) is 0 Å². The van der Waals surface area contributed by atoms with E-state index in [1.165, 1.54) is 9.13 Å². The predicted molar refractivity (Wildman–Crippen MR) is 140 cm³/mol. The summed E-state index contributed by atoms with van der Waals surface area (Å²) in [6.45, 7) is 0.432. The monoisotopic (exact) mass is 482 g/mol. The maximum absolute atomic E-state index is 13.0. The molecule has 0 atom stereocenters. The van der Waals surface area contributed by atoms with Crippen LogP contribution in [0.15, 0.2) is 88.6 Å². The molecule has 5 aromatic rings. The van der Waals surface area contributed by atoms with Crippen molar-refractivity contribution < 1.29 is 9.53 Å². The Morgan fingerprint density at radius 2 is 1.61 bits per heavy atom. The molecule has 0 radical (unpaired) electrons. The first-order chi connectivity index (χ1) is 17.5. The van der Waals surface area contributed by atoms with E-state index in [1.54, 1.807) is 25.3 Å². The molecule has 36 heavy (non-hydrogen) atoms. The number of fused-ring (bicyclic) bond motifs is 2. The number of rotatable bonds is 8. The average molecular weight is 483 g/mol. The fraction of sp³-hybridized carbons (Fsp3) is 0.179. The molecule has 2 heterocycles. The number of para-hydroxylation sites is 2. The van der Waals surface area contributed by atoms with Crippen molar-refractivity contribution in [2.75, 3.05) is 13.7 Å². The lowest BCUT2D eigenvalue weighted by molar-refractivity contribution is -0.121. The summed E-state index contributed by atoms with van der Waals surface area (Å²) in [4.78, 5) is 42.1. The molecule has 0 unspecified atom stereocenters. The zero-order valence-corrected chi connectivity index (χ0v) is 19.9. The Labute approximate surface area is 206 Å². The minimum absolute atomic E-state index is 0.234. The predicted octanol–water partition coefficient (Wildman–Crippen LogP) is 3.06. The second-order valence-corrected chi connectivity index (χ2v) is 8.58. The Balaban J connectivity index is 1.35. The van der Waals surface area contributed by atoms with Crippen molar-refractivity contribution in [1.29, 1.82) is 0 Å². The summed E-state index contributed by atoms with van der Waals surface area (Å²) in [6, 6.07) is 22.4. The number of amides is 1. The molecule has 0 spiro atoms. The molecular weight excluding hydrogens is 456 g/mol. The molecule has 5 rings (SSSR count). The number of hydrogen-bond acceptors (Lipinski definition) is 4. The van der Waals surface area contributed by atoms with Crippen LogP contribution in [0.5, 0.6) is 5.75 Å². The summed E-state index contributed by atoms with van der Waals surface area (Å²) in [5, 5.41) is 3.91. The van der Waals surface area contributed by atoms with Crippen molar-refractivity contribution in [3.05, 3.63) is 111 Å². The van der Waals surface area contributed by atoms with Gasteiger partial charge in [-0.3, -0.25) is 23.5 Å². The van der Waals surface area contributed by atoms with Gasteiger partial charge in [0.15, 0.2) is 0 Å². The first-order valence-electron chi connectivity index (χ1n) is 11.7. The number of carbonyl (C=O) groups is 1. The standard InChI is InChI=1S/C28H26N4O4/c1-36-21-11-12-23-22(15-21)20(16-30-23)13-14-29-26(33)18-32-25-10-6-5-9-24(25)31(27(34)28(32)35)17-19-7-3-2-4-8-19/h2-12,15-16,30H,13-14,17-18H2,1H3,(H,29,33). The smallest absolute Gasteiger partial charge is 0.317 e. The summed E-state index contributed by atoms with van der Waals surface area (Å²) in [6.07, 6.45) is 2.52. The molecule has 0 aliphatic carbocycles. The zero-order chi connectivity index (χ0) is 25.1. The van der Waals surface area contributed by atoms with Crippen LogP contribution in [-0.4, -0.2) is 33.7 Å².